The maximum absolute atomic E-state index is 6.20. The summed E-state index contributed by atoms with van der Waals surface area (Å²) in [5.41, 5.74) is 7.40. The molecule has 1 atom stereocenters. The molecule has 0 amide bonds. The monoisotopic (exact) mass is 255 g/mol. The zero-order chi connectivity index (χ0) is 13.5. The number of aromatic nitrogens is 1. The Morgan fingerprint density at radius 1 is 1.21 bits per heavy atom. The van der Waals surface area contributed by atoms with Gasteiger partial charge in [-0.05, 0) is 30.0 Å². The summed E-state index contributed by atoms with van der Waals surface area (Å²) in [5.74, 6) is 1.07. The molecule has 1 aromatic heterocycles. The fourth-order valence-electron chi connectivity index (χ4n) is 2.80. The number of para-hydroxylation sites is 1. The summed E-state index contributed by atoms with van der Waals surface area (Å²) in [6.45, 7) is 6.45. The molecule has 1 unspecified atom stereocenters. The van der Waals surface area contributed by atoms with Crippen molar-refractivity contribution in [1.29, 1.82) is 0 Å². The zero-order valence-corrected chi connectivity index (χ0v) is 11.6. The topological polar surface area (TPSA) is 42.2 Å². The van der Waals surface area contributed by atoms with Crippen LogP contribution in [-0.2, 0) is 0 Å². The van der Waals surface area contributed by atoms with Crippen molar-refractivity contribution >= 4 is 16.7 Å². The largest absolute Gasteiger partial charge is 0.356 e. The Kier molecular flexibility index (Phi) is 2.94. The van der Waals surface area contributed by atoms with Crippen LogP contribution < -0.4 is 10.6 Å². The molecular formula is C16H21N3. The van der Waals surface area contributed by atoms with E-state index in [9.17, 15) is 0 Å². The molecule has 2 aromatic rings. The van der Waals surface area contributed by atoms with E-state index < -0.39 is 0 Å². The van der Waals surface area contributed by atoms with E-state index in [1.165, 1.54) is 5.39 Å². The average molecular weight is 255 g/mol. The van der Waals surface area contributed by atoms with Crippen molar-refractivity contribution in [2.24, 2.45) is 11.1 Å². The second kappa shape index (κ2) is 4.49. The molecule has 0 radical (unpaired) electrons. The molecule has 3 heteroatoms. The van der Waals surface area contributed by atoms with Crippen LogP contribution in [0.2, 0.25) is 0 Å². The Bertz CT molecular complexity index is 591. The van der Waals surface area contributed by atoms with E-state index in [2.05, 4.69) is 43.0 Å². The number of benzene rings is 1. The van der Waals surface area contributed by atoms with Gasteiger partial charge in [0, 0.05) is 24.5 Å². The molecule has 1 aromatic carbocycles. The smallest absolute Gasteiger partial charge is 0.129 e. The number of anilines is 1. The number of hydrogen-bond donors (Lipinski definition) is 1. The fourth-order valence-corrected chi connectivity index (χ4v) is 2.80. The van der Waals surface area contributed by atoms with Gasteiger partial charge in [-0.25, -0.2) is 4.98 Å². The lowest BCUT2D eigenvalue weighted by molar-refractivity contribution is 0.244. The standard InChI is InChI=1S/C16H21N3/c1-16(2)11-19(10-9-14(16)17)15-8-7-12-5-3-4-6-13(12)18-15/h3-8,14H,9-11,17H2,1-2H3. The van der Waals surface area contributed by atoms with E-state index in [0.29, 0.717) is 0 Å². The van der Waals surface area contributed by atoms with E-state index in [-0.39, 0.29) is 11.5 Å². The molecule has 100 valence electrons. The number of piperidine rings is 1. The number of rotatable bonds is 1. The molecule has 1 aliphatic heterocycles. The first kappa shape index (κ1) is 12.4. The first-order chi connectivity index (χ1) is 9.06. The summed E-state index contributed by atoms with van der Waals surface area (Å²) in [4.78, 5) is 7.13. The Morgan fingerprint density at radius 2 is 2.00 bits per heavy atom. The number of nitrogens with two attached hydrogens (primary N) is 1. The number of nitrogens with zero attached hydrogens (tertiary/aromatic N) is 2. The van der Waals surface area contributed by atoms with Gasteiger partial charge >= 0.3 is 0 Å². The van der Waals surface area contributed by atoms with Gasteiger partial charge in [-0.15, -0.1) is 0 Å². The minimum absolute atomic E-state index is 0.144. The lowest BCUT2D eigenvalue weighted by Gasteiger charge is -2.43. The first-order valence-electron chi connectivity index (χ1n) is 6.93. The highest BCUT2D eigenvalue weighted by Gasteiger charge is 2.33. The molecule has 0 spiro atoms. The van der Waals surface area contributed by atoms with E-state index in [0.717, 1.165) is 30.8 Å². The molecule has 3 nitrogen and oxygen atoms in total. The maximum atomic E-state index is 6.20. The number of fused-ring (bicyclic) bond motifs is 1. The molecule has 2 heterocycles. The van der Waals surface area contributed by atoms with Crippen molar-refractivity contribution in [2.75, 3.05) is 18.0 Å². The van der Waals surface area contributed by atoms with Crippen molar-refractivity contribution < 1.29 is 0 Å². The molecular weight excluding hydrogens is 234 g/mol. The van der Waals surface area contributed by atoms with Crippen LogP contribution in [0.5, 0.6) is 0 Å². The van der Waals surface area contributed by atoms with Gasteiger partial charge in [0.1, 0.15) is 5.82 Å². The minimum atomic E-state index is 0.144. The molecule has 1 aliphatic rings. The van der Waals surface area contributed by atoms with Gasteiger partial charge in [-0.1, -0.05) is 32.0 Å². The molecule has 0 aliphatic carbocycles. The van der Waals surface area contributed by atoms with Crippen LogP contribution in [0, 0.1) is 5.41 Å². The normalized spacial score (nSPS) is 22.7. The van der Waals surface area contributed by atoms with Crippen LogP contribution in [-0.4, -0.2) is 24.1 Å². The van der Waals surface area contributed by atoms with Gasteiger partial charge in [0.05, 0.1) is 5.52 Å². The highest BCUT2D eigenvalue weighted by molar-refractivity contribution is 5.80. The summed E-state index contributed by atoms with van der Waals surface area (Å²) in [7, 11) is 0. The molecule has 1 saturated heterocycles. The molecule has 19 heavy (non-hydrogen) atoms. The van der Waals surface area contributed by atoms with Crippen LogP contribution in [0.25, 0.3) is 10.9 Å². The predicted molar refractivity (Wildman–Crippen MR) is 80.3 cm³/mol. The number of hydrogen-bond acceptors (Lipinski definition) is 3. The van der Waals surface area contributed by atoms with E-state index in [1.807, 2.05) is 12.1 Å². The summed E-state index contributed by atoms with van der Waals surface area (Å²) < 4.78 is 0. The third kappa shape index (κ3) is 2.30. The van der Waals surface area contributed by atoms with Crippen LogP contribution in [0.4, 0.5) is 5.82 Å². The van der Waals surface area contributed by atoms with Crippen molar-refractivity contribution in [3.8, 4) is 0 Å². The second-order valence-electron chi connectivity index (χ2n) is 6.17. The van der Waals surface area contributed by atoms with Crippen molar-refractivity contribution in [1.82, 2.24) is 4.98 Å². The summed E-state index contributed by atoms with van der Waals surface area (Å²) in [5, 5.41) is 1.19. The van der Waals surface area contributed by atoms with Crippen LogP contribution in [0.15, 0.2) is 36.4 Å². The minimum Gasteiger partial charge on any atom is -0.356 e. The Morgan fingerprint density at radius 3 is 2.79 bits per heavy atom. The highest BCUT2D eigenvalue weighted by atomic mass is 15.2. The van der Waals surface area contributed by atoms with Gasteiger partial charge < -0.3 is 10.6 Å². The Balaban J connectivity index is 1.92. The van der Waals surface area contributed by atoms with Gasteiger partial charge in [0.15, 0.2) is 0 Å². The van der Waals surface area contributed by atoms with E-state index >= 15 is 0 Å². The predicted octanol–water partition coefficient (Wildman–Crippen LogP) is 2.80. The lowest BCUT2D eigenvalue weighted by atomic mass is 9.80. The van der Waals surface area contributed by atoms with Gasteiger partial charge in [0.25, 0.3) is 0 Å². The molecule has 3 rings (SSSR count). The van der Waals surface area contributed by atoms with Gasteiger partial charge in [-0.3, -0.25) is 0 Å². The van der Waals surface area contributed by atoms with Crippen LogP contribution in [0.1, 0.15) is 20.3 Å². The summed E-state index contributed by atoms with van der Waals surface area (Å²) >= 11 is 0. The van der Waals surface area contributed by atoms with Gasteiger partial charge in [0.2, 0.25) is 0 Å². The Hall–Kier alpha value is -1.61. The summed E-state index contributed by atoms with van der Waals surface area (Å²) in [6.07, 6.45) is 1.03. The third-order valence-electron chi connectivity index (χ3n) is 4.22. The maximum Gasteiger partial charge on any atom is 0.129 e. The first-order valence-corrected chi connectivity index (χ1v) is 6.93. The molecule has 1 fully saturated rings. The highest BCUT2D eigenvalue weighted by Crippen LogP contribution is 2.30. The van der Waals surface area contributed by atoms with E-state index in [1.54, 1.807) is 0 Å². The molecule has 2 N–H and O–H groups in total. The average Bonchev–Trinajstić information content (AvgIpc) is 2.41. The Labute approximate surface area is 114 Å². The van der Waals surface area contributed by atoms with Crippen molar-refractivity contribution in [2.45, 2.75) is 26.3 Å². The number of pyridine rings is 1. The van der Waals surface area contributed by atoms with Crippen LogP contribution >= 0.6 is 0 Å². The van der Waals surface area contributed by atoms with E-state index in [4.69, 9.17) is 10.7 Å². The molecule has 0 bridgehead atoms. The SMILES string of the molecule is CC1(C)CN(c2ccc3ccccc3n2)CCC1N. The van der Waals surface area contributed by atoms with Crippen molar-refractivity contribution in [3.63, 3.8) is 0 Å². The summed E-state index contributed by atoms with van der Waals surface area (Å²) in [6, 6.07) is 12.8. The van der Waals surface area contributed by atoms with Crippen molar-refractivity contribution in [3.05, 3.63) is 36.4 Å². The second-order valence-corrected chi connectivity index (χ2v) is 6.17. The zero-order valence-electron chi connectivity index (χ0n) is 11.6. The fraction of sp³-hybridized carbons (Fsp3) is 0.438. The lowest BCUT2D eigenvalue weighted by Crippen LogP contribution is -2.52. The molecule has 0 saturated carbocycles. The van der Waals surface area contributed by atoms with Crippen LogP contribution in [0.3, 0.4) is 0 Å². The third-order valence-corrected chi connectivity index (χ3v) is 4.22. The quantitative estimate of drug-likeness (QED) is 0.852. The van der Waals surface area contributed by atoms with Gasteiger partial charge in [-0.2, -0.15) is 0 Å².